The van der Waals surface area contributed by atoms with Gasteiger partial charge >= 0.3 is 0 Å². The van der Waals surface area contributed by atoms with Gasteiger partial charge in [-0.1, -0.05) is 24.3 Å². The van der Waals surface area contributed by atoms with Crippen LogP contribution in [-0.4, -0.2) is 28.3 Å². The molecule has 0 radical (unpaired) electrons. The quantitative estimate of drug-likeness (QED) is 0.620. The standard InChI is InChI=1S/C21H26N6/c1-4-27(5-2)19-12-10-18(11-13-19)24-20-15-23-26-21(25-20)22-14-17-9-7-6-8-16(17)3/h6-13,15H,4-5,14H2,1-3H3,(H2,22,24,25,26). The molecule has 3 aromatic rings. The van der Waals surface area contributed by atoms with Gasteiger partial charge in [0.1, 0.15) is 0 Å². The molecule has 140 valence electrons. The first-order chi connectivity index (χ1) is 13.2. The predicted molar refractivity (Wildman–Crippen MR) is 112 cm³/mol. The van der Waals surface area contributed by atoms with E-state index in [1.165, 1.54) is 16.8 Å². The SMILES string of the molecule is CCN(CC)c1ccc(Nc2cnnc(NCc3ccccc3C)n2)cc1. The third-order valence-electron chi connectivity index (χ3n) is 4.53. The normalized spacial score (nSPS) is 10.5. The molecule has 0 aliphatic carbocycles. The summed E-state index contributed by atoms with van der Waals surface area (Å²) in [6.45, 7) is 9.07. The maximum atomic E-state index is 4.50. The molecule has 0 unspecified atom stereocenters. The van der Waals surface area contributed by atoms with Crippen molar-refractivity contribution in [3.05, 3.63) is 65.9 Å². The number of hydrogen-bond donors (Lipinski definition) is 2. The van der Waals surface area contributed by atoms with E-state index >= 15 is 0 Å². The number of aromatic nitrogens is 3. The third kappa shape index (κ3) is 4.94. The zero-order valence-corrected chi connectivity index (χ0v) is 16.1. The summed E-state index contributed by atoms with van der Waals surface area (Å²) < 4.78 is 0. The molecule has 2 N–H and O–H groups in total. The lowest BCUT2D eigenvalue weighted by atomic mass is 10.1. The molecule has 1 heterocycles. The second kappa shape index (κ2) is 8.98. The molecule has 0 saturated carbocycles. The van der Waals surface area contributed by atoms with E-state index in [-0.39, 0.29) is 0 Å². The molecule has 0 saturated heterocycles. The lowest BCUT2D eigenvalue weighted by Gasteiger charge is -2.21. The first kappa shape index (κ1) is 18.6. The molecule has 0 aliphatic heterocycles. The van der Waals surface area contributed by atoms with Crippen LogP contribution in [0, 0.1) is 6.92 Å². The van der Waals surface area contributed by atoms with Gasteiger partial charge < -0.3 is 15.5 Å². The monoisotopic (exact) mass is 362 g/mol. The van der Waals surface area contributed by atoms with Gasteiger partial charge in [0.2, 0.25) is 5.95 Å². The van der Waals surface area contributed by atoms with Gasteiger partial charge in [-0.25, -0.2) is 0 Å². The number of anilines is 4. The number of aryl methyl sites for hydroxylation is 1. The third-order valence-corrected chi connectivity index (χ3v) is 4.53. The van der Waals surface area contributed by atoms with E-state index in [1.807, 2.05) is 12.1 Å². The highest BCUT2D eigenvalue weighted by molar-refractivity contribution is 5.60. The molecule has 0 bridgehead atoms. The molecular formula is C21H26N6. The molecule has 1 aromatic heterocycles. The molecule has 6 heteroatoms. The maximum Gasteiger partial charge on any atom is 0.244 e. The van der Waals surface area contributed by atoms with Crippen molar-refractivity contribution in [2.75, 3.05) is 28.6 Å². The highest BCUT2D eigenvalue weighted by Crippen LogP contribution is 2.20. The largest absolute Gasteiger partial charge is 0.372 e. The highest BCUT2D eigenvalue weighted by Gasteiger charge is 2.04. The summed E-state index contributed by atoms with van der Waals surface area (Å²) in [5, 5.41) is 14.6. The molecule has 0 spiro atoms. The van der Waals surface area contributed by atoms with Crippen molar-refractivity contribution in [2.24, 2.45) is 0 Å². The average Bonchev–Trinajstić information content (AvgIpc) is 2.70. The van der Waals surface area contributed by atoms with Crippen molar-refractivity contribution in [3.63, 3.8) is 0 Å². The number of hydrogen-bond acceptors (Lipinski definition) is 6. The molecule has 0 amide bonds. The van der Waals surface area contributed by atoms with Crippen LogP contribution in [0.4, 0.5) is 23.1 Å². The Bertz CT molecular complexity index is 859. The van der Waals surface area contributed by atoms with E-state index in [4.69, 9.17) is 0 Å². The summed E-state index contributed by atoms with van der Waals surface area (Å²) in [4.78, 5) is 6.81. The lowest BCUT2D eigenvalue weighted by molar-refractivity contribution is 0.866. The van der Waals surface area contributed by atoms with Crippen molar-refractivity contribution in [3.8, 4) is 0 Å². The van der Waals surface area contributed by atoms with Crippen LogP contribution in [0.1, 0.15) is 25.0 Å². The lowest BCUT2D eigenvalue weighted by Crippen LogP contribution is -2.21. The Balaban J connectivity index is 1.64. The molecule has 2 aromatic carbocycles. The molecular weight excluding hydrogens is 336 g/mol. The molecule has 27 heavy (non-hydrogen) atoms. The second-order valence-electron chi connectivity index (χ2n) is 6.29. The van der Waals surface area contributed by atoms with Crippen molar-refractivity contribution in [1.82, 2.24) is 15.2 Å². The van der Waals surface area contributed by atoms with E-state index in [9.17, 15) is 0 Å². The summed E-state index contributed by atoms with van der Waals surface area (Å²) in [6.07, 6.45) is 1.62. The molecule has 6 nitrogen and oxygen atoms in total. The number of nitrogens with one attached hydrogen (secondary N) is 2. The Morgan fingerprint density at radius 2 is 1.70 bits per heavy atom. The fourth-order valence-electron chi connectivity index (χ4n) is 2.91. The van der Waals surface area contributed by atoms with E-state index < -0.39 is 0 Å². The molecule has 3 rings (SSSR count). The summed E-state index contributed by atoms with van der Waals surface area (Å²) in [5.41, 5.74) is 4.63. The average molecular weight is 362 g/mol. The Morgan fingerprint density at radius 1 is 0.963 bits per heavy atom. The van der Waals surface area contributed by atoms with Crippen LogP contribution in [0.25, 0.3) is 0 Å². The Hall–Kier alpha value is -3.15. The Kier molecular flexibility index (Phi) is 6.20. The van der Waals surface area contributed by atoms with Gasteiger partial charge in [-0.05, 0) is 56.2 Å². The summed E-state index contributed by atoms with van der Waals surface area (Å²) >= 11 is 0. The van der Waals surface area contributed by atoms with Crippen molar-refractivity contribution < 1.29 is 0 Å². The fourth-order valence-corrected chi connectivity index (χ4v) is 2.91. The number of rotatable bonds is 8. The van der Waals surface area contributed by atoms with Crippen molar-refractivity contribution in [1.29, 1.82) is 0 Å². The number of benzene rings is 2. The van der Waals surface area contributed by atoms with Gasteiger partial charge in [0, 0.05) is 31.0 Å². The van der Waals surface area contributed by atoms with E-state index in [2.05, 4.69) is 87.9 Å². The van der Waals surface area contributed by atoms with Gasteiger partial charge in [0.25, 0.3) is 0 Å². The Labute approximate surface area is 160 Å². The van der Waals surface area contributed by atoms with Gasteiger partial charge in [0.05, 0.1) is 6.20 Å². The zero-order valence-electron chi connectivity index (χ0n) is 16.1. The minimum atomic E-state index is 0.503. The predicted octanol–water partition coefficient (Wildman–Crippen LogP) is 4.38. The highest BCUT2D eigenvalue weighted by atomic mass is 15.3. The van der Waals surface area contributed by atoms with Crippen LogP contribution in [0.2, 0.25) is 0 Å². The fraction of sp³-hybridized carbons (Fsp3) is 0.286. The summed E-state index contributed by atoms with van der Waals surface area (Å²) in [6, 6.07) is 16.6. The zero-order chi connectivity index (χ0) is 19.1. The van der Waals surface area contributed by atoms with E-state index in [0.717, 1.165) is 18.8 Å². The second-order valence-corrected chi connectivity index (χ2v) is 6.29. The first-order valence-corrected chi connectivity index (χ1v) is 9.29. The summed E-state index contributed by atoms with van der Waals surface area (Å²) in [7, 11) is 0. The van der Waals surface area contributed by atoms with Crippen LogP contribution in [0.15, 0.2) is 54.7 Å². The molecule has 0 aliphatic rings. The van der Waals surface area contributed by atoms with Crippen molar-refractivity contribution >= 4 is 23.1 Å². The summed E-state index contributed by atoms with van der Waals surface area (Å²) in [5.74, 6) is 1.16. The number of nitrogens with zero attached hydrogens (tertiary/aromatic N) is 4. The topological polar surface area (TPSA) is 66.0 Å². The van der Waals surface area contributed by atoms with Gasteiger partial charge in [-0.2, -0.15) is 10.1 Å². The van der Waals surface area contributed by atoms with Gasteiger partial charge in [0.15, 0.2) is 5.82 Å². The van der Waals surface area contributed by atoms with Crippen LogP contribution >= 0.6 is 0 Å². The smallest absolute Gasteiger partial charge is 0.244 e. The first-order valence-electron chi connectivity index (χ1n) is 9.29. The minimum Gasteiger partial charge on any atom is -0.372 e. The minimum absolute atomic E-state index is 0.503. The maximum absolute atomic E-state index is 4.50. The van der Waals surface area contributed by atoms with Crippen LogP contribution in [0.5, 0.6) is 0 Å². The Morgan fingerprint density at radius 3 is 2.41 bits per heavy atom. The van der Waals surface area contributed by atoms with Gasteiger partial charge in [-0.15, -0.1) is 5.10 Å². The molecule has 0 fully saturated rings. The van der Waals surface area contributed by atoms with Crippen LogP contribution < -0.4 is 15.5 Å². The van der Waals surface area contributed by atoms with E-state index in [1.54, 1.807) is 6.20 Å². The van der Waals surface area contributed by atoms with Crippen LogP contribution in [-0.2, 0) is 6.54 Å². The molecule has 0 atom stereocenters. The van der Waals surface area contributed by atoms with Gasteiger partial charge in [-0.3, -0.25) is 0 Å². The van der Waals surface area contributed by atoms with E-state index in [0.29, 0.717) is 18.3 Å². The van der Waals surface area contributed by atoms with Crippen LogP contribution in [0.3, 0.4) is 0 Å². The van der Waals surface area contributed by atoms with Crippen molar-refractivity contribution in [2.45, 2.75) is 27.3 Å².